The highest BCUT2D eigenvalue weighted by Gasteiger charge is 2.18. The second-order valence-electron chi connectivity index (χ2n) is 3.20. The van der Waals surface area contributed by atoms with E-state index in [2.05, 4.69) is 15.0 Å². The molecule has 0 atom stereocenters. The number of hydrogen-bond acceptors (Lipinski definition) is 4. The lowest BCUT2D eigenvalue weighted by atomic mass is 10.3. The van der Waals surface area contributed by atoms with Crippen LogP contribution in [0.1, 0.15) is 6.92 Å². The van der Waals surface area contributed by atoms with E-state index in [1.165, 1.54) is 0 Å². The van der Waals surface area contributed by atoms with Crippen molar-refractivity contribution in [2.75, 3.05) is 11.9 Å². The molecule has 1 N–H and O–H groups in total. The van der Waals surface area contributed by atoms with Crippen molar-refractivity contribution >= 4 is 32.8 Å². The van der Waals surface area contributed by atoms with Gasteiger partial charge in [-0.1, -0.05) is 11.3 Å². The Balaban J connectivity index is 2.39. The minimum absolute atomic E-state index is 0.00681. The van der Waals surface area contributed by atoms with Crippen molar-refractivity contribution in [3.63, 3.8) is 0 Å². The minimum Gasteiger partial charge on any atom is -0.450 e. The lowest BCUT2D eigenvalue weighted by Gasteiger charge is -1.99. The molecule has 0 aliphatic rings. The van der Waals surface area contributed by atoms with E-state index in [4.69, 9.17) is 0 Å². The number of carbonyl (C=O) groups excluding carboxylic acids is 1. The monoisotopic (exact) mass is 276 g/mol. The summed E-state index contributed by atoms with van der Waals surface area (Å²) < 4.78 is 43.9. The van der Waals surface area contributed by atoms with Gasteiger partial charge in [-0.25, -0.2) is 22.9 Å². The average Bonchev–Trinajstić information content (AvgIpc) is 2.69. The molecule has 0 aliphatic carbocycles. The van der Waals surface area contributed by atoms with Crippen LogP contribution in [0.5, 0.6) is 0 Å². The molecule has 1 aromatic carbocycles. The zero-order valence-electron chi connectivity index (χ0n) is 9.09. The Morgan fingerprint density at radius 2 is 2.17 bits per heavy atom. The van der Waals surface area contributed by atoms with Gasteiger partial charge in [-0.2, -0.15) is 0 Å². The highest BCUT2D eigenvalue weighted by atomic mass is 32.1. The van der Waals surface area contributed by atoms with Gasteiger partial charge in [0.1, 0.15) is 5.52 Å². The number of rotatable bonds is 2. The maximum Gasteiger partial charge on any atom is 0.413 e. The molecule has 0 aliphatic heterocycles. The van der Waals surface area contributed by atoms with E-state index < -0.39 is 23.5 Å². The van der Waals surface area contributed by atoms with E-state index in [0.29, 0.717) is 0 Å². The molecule has 0 radical (unpaired) electrons. The fraction of sp³-hybridized carbons (Fsp3) is 0.200. The largest absolute Gasteiger partial charge is 0.450 e. The van der Waals surface area contributed by atoms with E-state index in [9.17, 15) is 18.0 Å². The number of nitrogens with zero attached hydrogens (tertiary/aromatic N) is 1. The van der Waals surface area contributed by atoms with Gasteiger partial charge in [0, 0.05) is 0 Å². The molecule has 0 unspecified atom stereocenters. The number of fused-ring (bicyclic) bond motifs is 1. The van der Waals surface area contributed by atoms with Gasteiger partial charge in [-0.3, -0.25) is 5.32 Å². The summed E-state index contributed by atoms with van der Waals surface area (Å²) in [5.41, 5.74) is -0.328. The lowest BCUT2D eigenvalue weighted by Crippen LogP contribution is -2.12. The van der Waals surface area contributed by atoms with Crippen molar-refractivity contribution in [2.45, 2.75) is 6.92 Å². The SMILES string of the molecule is CCOC(=O)Nc1nc2c(F)c(F)c(F)cc2s1. The van der Waals surface area contributed by atoms with E-state index in [0.717, 1.165) is 17.4 Å². The number of amides is 1. The predicted molar refractivity (Wildman–Crippen MR) is 60.1 cm³/mol. The molecule has 96 valence electrons. The molecular formula is C10H7F3N2O2S. The van der Waals surface area contributed by atoms with Crippen LogP contribution in [-0.4, -0.2) is 17.7 Å². The maximum atomic E-state index is 13.3. The van der Waals surface area contributed by atoms with E-state index in [1.807, 2.05) is 0 Å². The molecule has 4 nitrogen and oxygen atoms in total. The summed E-state index contributed by atoms with van der Waals surface area (Å²) in [5, 5.41) is 2.24. The summed E-state index contributed by atoms with van der Waals surface area (Å²) in [6, 6.07) is 0.821. The number of ether oxygens (including phenoxy) is 1. The van der Waals surface area contributed by atoms with Gasteiger partial charge in [0.15, 0.2) is 22.6 Å². The summed E-state index contributed by atoms with van der Waals surface area (Å²) >= 11 is 0.819. The van der Waals surface area contributed by atoms with Gasteiger partial charge >= 0.3 is 6.09 Å². The molecule has 0 saturated heterocycles. The van der Waals surface area contributed by atoms with Crippen LogP contribution >= 0.6 is 11.3 Å². The number of halogens is 3. The Morgan fingerprint density at radius 1 is 1.44 bits per heavy atom. The van der Waals surface area contributed by atoms with Gasteiger partial charge in [0.05, 0.1) is 11.3 Å². The molecule has 2 rings (SSSR count). The molecule has 0 spiro atoms. The van der Waals surface area contributed by atoms with Crippen LogP contribution in [0.4, 0.5) is 23.1 Å². The fourth-order valence-corrected chi connectivity index (χ4v) is 2.16. The molecule has 1 amide bonds. The molecule has 8 heteroatoms. The summed E-state index contributed by atoms with van der Waals surface area (Å²) in [6.07, 6.45) is -0.766. The fourth-order valence-electron chi connectivity index (χ4n) is 1.28. The zero-order chi connectivity index (χ0) is 13.3. The number of nitrogens with one attached hydrogen (secondary N) is 1. The Kier molecular flexibility index (Phi) is 3.37. The molecule has 2 aromatic rings. The minimum atomic E-state index is -1.59. The molecule has 18 heavy (non-hydrogen) atoms. The topological polar surface area (TPSA) is 51.2 Å². The third-order valence-electron chi connectivity index (χ3n) is 2.01. The molecule has 1 aromatic heterocycles. The van der Waals surface area contributed by atoms with E-state index in [-0.39, 0.29) is 22.0 Å². The zero-order valence-corrected chi connectivity index (χ0v) is 9.91. The Bertz CT molecular complexity index is 615. The first kappa shape index (κ1) is 12.6. The standard InChI is InChI=1S/C10H7F3N2O2S/c1-2-17-10(16)15-9-14-8-5(18-9)3-4(11)6(12)7(8)13/h3H,2H2,1H3,(H,14,15,16). The van der Waals surface area contributed by atoms with Gasteiger partial charge < -0.3 is 4.74 Å². The number of carbonyl (C=O) groups is 1. The van der Waals surface area contributed by atoms with Gasteiger partial charge in [0.25, 0.3) is 0 Å². The van der Waals surface area contributed by atoms with E-state index >= 15 is 0 Å². The normalized spacial score (nSPS) is 10.7. The smallest absolute Gasteiger partial charge is 0.413 e. The van der Waals surface area contributed by atoms with Crippen molar-refractivity contribution in [1.29, 1.82) is 0 Å². The molecule has 0 saturated carbocycles. The number of aromatic nitrogens is 1. The lowest BCUT2D eigenvalue weighted by molar-refractivity contribution is 0.168. The molecule has 1 heterocycles. The molecular weight excluding hydrogens is 269 g/mol. The maximum absolute atomic E-state index is 13.3. The van der Waals surface area contributed by atoms with Crippen molar-refractivity contribution in [1.82, 2.24) is 4.98 Å². The van der Waals surface area contributed by atoms with Crippen LogP contribution in [0.3, 0.4) is 0 Å². The Hall–Kier alpha value is -1.83. The number of thiazole rings is 1. The first-order valence-electron chi connectivity index (χ1n) is 4.90. The van der Waals surface area contributed by atoms with Crippen molar-refractivity contribution in [2.24, 2.45) is 0 Å². The predicted octanol–water partition coefficient (Wildman–Crippen LogP) is 3.28. The summed E-state index contributed by atoms with van der Waals surface area (Å²) in [5.74, 6) is -4.26. The highest BCUT2D eigenvalue weighted by Crippen LogP contribution is 2.30. The number of hydrogen-bond donors (Lipinski definition) is 1. The second kappa shape index (κ2) is 4.81. The van der Waals surface area contributed by atoms with Crippen LogP contribution in [0, 0.1) is 17.5 Å². The van der Waals surface area contributed by atoms with Crippen LogP contribution in [0.2, 0.25) is 0 Å². The first-order chi connectivity index (χ1) is 8.52. The van der Waals surface area contributed by atoms with Crippen LogP contribution in [0.15, 0.2) is 6.07 Å². The van der Waals surface area contributed by atoms with Crippen LogP contribution in [-0.2, 0) is 4.74 Å². The summed E-state index contributed by atoms with van der Waals surface area (Å²) in [7, 11) is 0. The van der Waals surface area contributed by atoms with Crippen LogP contribution in [0.25, 0.3) is 10.2 Å². The van der Waals surface area contributed by atoms with Crippen molar-refractivity contribution in [3.8, 4) is 0 Å². The Morgan fingerprint density at radius 3 is 2.83 bits per heavy atom. The Labute approximate surface area is 103 Å². The third-order valence-corrected chi connectivity index (χ3v) is 2.92. The van der Waals surface area contributed by atoms with Gasteiger partial charge in [0.2, 0.25) is 0 Å². The van der Waals surface area contributed by atoms with Crippen molar-refractivity contribution in [3.05, 3.63) is 23.5 Å². The second-order valence-corrected chi connectivity index (χ2v) is 4.23. The first-order valence-corrected chi connectivity index (χ1v) is 5.72. The number of anilines is 1. The van der Waals surface area contributed by atoms with Crippen LogP contribution < -0.4 is 5.32 Å². The van der Waals surface area contributed by atoms with Crippen molar-refractivity contribution < 1.29 is 22.7 Å². The quantitative estimate of drug-likeness (QED) is 0.856. The average molecular weight is 276 g/mol. The third kappa shape index (κ3) is 2.23. The number of benzene rings is 1. The summed E-state index contributed by atoms with van der Waals surface area (Å²) in [4.78, 5) is 14.8. The molecule has 0 fully saturated rings. The highest BCUT2D eigenvalue weighted by molar-refractivity contribution is 7.22. The summed E-state index contributed by atoms with van der Waals surface area (Å²) in [6.45, 7) is 1.77. The van der Waals surface area contributed by atoms with E-state index in [1.54, 1.807) is 6.92 Å². The van der Waals surface area contributed by atoms with Gasteiger partial charge in [-0.05, 0) is 13.0 Å². The molecule has 0 bridgehead atoms. The van der Waals surface area contributed by atoms with Gasteiger partial charge in [-0.15, -0.1) is 0 Å².